The van der Waals surface area contributed by atoms with E-state index in [9.17, 15) is 25.2 Å². The molecule has 0 radical (unpaired) electrons. The Kier molecular flexibility index (Phi) is 12.5. The lowest BCUT2D eigenvalue weighted by Gasteiger charge is -2.28. The molecule has 1 heterocycles. The van der Waals surface area contributed by atoms with E-state index >= 15 is 0 Å². The van der Waals surface area contributed by atoms with Gasteiger partial charge >= 0.3 is 6.03 Å². The van der Waals surface area contributed by atoms with Crippen molar-refractivity contribution in [1.29, 1.82) is 0 Å². The number of hydrogen-bond acceptors (Lipinski definition) is 9. The zero-order chi connectivity index (χ0) is 35.1. The van der Waals surface area contributed by atoms with Crippen molar-refractivity contribution in [2.24, 2.45) is 0 Å². The summed E-state index contributed by atoms with van der Waals surface area (Å²) in [6, 6.07) is 13.8. The molecule has 2 aliphatic rings. The van der Waals surface area contributed by atoms with E-state index in [0.717, 1.165) is 77.7 Å². The molecule has 5 rings (SSSR count). The third kappa shape index (κ3) is 9.49. The van der Waals surface area contributed by atoms with Crippen molar-refractivity contribution in [3.63, 3.8) is 0 Å². The number of para-hydroxylation sites is 1. The first-order valence-electron chi connectivity index (χ1n) is 17.0. The van der Waals surface area contributed by atoms with Gasteiger partial charge in [-0.05, 0) is 92.3 Å². The summed E-state index contributed by atoms with van der Waals surface area (Å²) >= 11 is 6.77. The van der Waals surface area contributed by atoms with Gasteiger partial charge in [0.05, 0.1) is 31.5 Å². The average Bonchev–Trinajstić information content (AvgIpc) is 4.05. The molecular formula is C37H48ClN3O8. The SMILES string of the molecule is Cc1cc(COC2(c3cnccc3-c3ccccc3OC3CC3)CC2)c(Cl)cc1CCCCNC(=O)N(C)CC(O)C(O)C(O)C(O)CO. The Balaban J connectivity index is 1.10. The van der Waals surface area contributed by atoms with E-state index in [1.807, 2.05) is 42.7 Å². The average molecular weight is 698 g/mol. The van der Waals surface area contributed by atoms with Gasteiger partial charge in [-0.2, -0.15) is 0 Å². The molecule has 266 valence electrons. The number of hydrogen-bond donors (Lipinski definition) is 6. The van der Waals surface area contributed by atoms with Crippen LogP contribution in [-0.4, -0.2) is 98.7 Å². The highest BCUT2D eigenvalue weighted by Gasteiger charge is 2.48. The van der Waals surface area contributed by atoms with Crippen molar-refractivity contribution >= 4 is 17.6 Å². The number of rotatable bonds is 18. The number of ether oxygens (including phenoxy) is 2. The standard InChI is InChI=1S/C37H48ClN3O8/c1-23-17-25(22-48-37(13-14-37)29-19-39-16-12-27(29)28-8-3-4-9-33(28)49-26-10-11-26)30(38)18-24(23)7-5-6-15-40-36(47)41(2)20-31(43)34(45)35(46)32(44)21-42/h3-4,8-9,12,16-19,26,31-32,34-35,42-46H,5-7,10-11,13-15,20-22H2,1-2H3,(H,40,47). The Morgan fingerprint density at radius 3 is 2.49 bits per heavy atom. The van der Waals surface area contributed by atoms with Gasteiger partial charge < -0.3 is 45.2 Å². The van der Waals surface area contributed by atoms with E-state index in [1.165, 1.54) is 11.9 Å². The predicted molar refractivity (Wildman–Crippen MR) is 185 cm³/mol. The molecule has 2 fully saturated rings. The highest BCUT2D eigenvalue weighted by atomic mass is 35.5. The molecule has 2 aliphatic carbocycles. The van der Waals surface area contributed by atoms with Crippen LogP contribution in [0.1, 0.15) is 60.8 Å². The van der Waals surface area contributed by atoms with Crippen LogP contribution in [0.5, 0.6) is 5.75 Å². The lowest BCUT2D eigenvalue weighted by Crippen LogP contribution is -2.51. The van der Waals surface area contributed by atoms with E-state index in [-0.39, 0.29) is 6.54 Å². The molecule has 12 heteroatoms. The summed E-state index contributed by atoms with van der Waals surface area (Å²) < 4.78 is 12.9. The van der Waals surface area contributed by atoms with Crippen LogP contribution in [-0.2, 0) is 23.4 Å². The molecule has 4 unspecified atom stereocenters. The van der Waals surface area contributed by atoms with Crippen LogP contribution in [0.2, 0.25) is 5.02 Å². The summed E-state index contributed by atoms with van der Waals surface area (Å²) in [7, 11) is 1.45. The molecule has 4 atom stereocenters. The van der Waals surface area contributed by atoms with Crippen molar-refractivity contribution in [3.05, 3.63) is 82.1 Å². The minimum atomic E-state index is -1.74. The van der Waals surface area contributed by atoms with E-state index in [2.05, 4.69) is 29.4 Å². The lowest BCUT2D eigenvalue weighted by atomic mass is 9.96. The maximum absolute atomic E-state index is 12.4. The lowest BCUT2D eigenvalue weighted by molar-refractivity contribution is -0.117. The van der Waals surface area contributed by atoms with Gasteiger partial charge in [-0.1, -0.05) is 35.9 Å². The Hall–Kier alpha value is -3.29. The third-order valence-corrected chi connectivity index (χ3v) is 9.65. The molecular weight excluding hydrogens is 650 g/mol. The smallest absolute Gasteiger partial charge is 0.317 e. The molecule has 2 amide bonds. The molecule has 3 aromatic rings. The summed E-state index contributed by atoms with van der Waals surface area (Å²) in [5, 5.41) is 51.7. The van der Waals surface area contributed by atoms with Gasteiger partial charge in [-0.3, -0.25) is 4.98 Å². The number of nitrogens with zero attached hydrogens (tertiary/aromatic N) is 2. The van der Waals surface area contributed by atoms with Crippen LogP contribution in [0, 0.1) is 6.92 Å². The van der Waals surface area contributed by atoms with Gasteiger partial charge in [0.1, 0.15) is 30.2 Å². The van der Waals surface area contributed by atoms with E-state index < -0.39 is 42.7 Å². The molecule has 1 aromatic heterocycles. The fraction of sp³-hybridized carbons (Fsp3) is 0.514. The third-order valence-electron chi connectivity index (χ3n) is 9.30. The van der Waals surface area contributed by atoms with Crippen LogP contribution in [0.25, 0.3) is 11.1 Å². The van der Waals surface area contributed by atoms with Gasteiger partial charge in [0, 0.05) is 42.1 Å². The zero-order valence-corrected chi connectivity index (χ0v) is 28.9. The number of carbonyl (C=O) groups excluding carboxylic acids is 1. The Morgan fingerprint density at radius 2 is 1.78 bits per heavy atom. The van der Waals surface area contributed by atoms with Gasteiger partial charge in [0.15, 0.2) is 0 Å². The van der Waals surface area contributed by atoms with Crippen molar-refractivity contribution in [1.82, 2.24) is 15.2 Å². The fourth-order valence-corrected chi connectivity index (χ4v) is 6.18. The number of unbranched alkanes of at least 4 members (excludes halogenated alkanes) is 1. The summed E-state index contributed by atoms with van der Waals surface area (Å²) in [5.41, 5.74) is 5.94. The van der Waals surface area contributed by atoms with Crippen LogP contribution in [0.3, 0.4) is 0 Å². The molecule has 11 nitrogen and oxygen atoms in total. The first kappa shape index (κ1) is 37.0. The monoisotopic (exact) mass is 697 g/mol. The topological polar surface area (TPSA) is 165 Å². The first-order valence-corrected chi connectivity index (χ1v) is 17.3. The molecule has 0 spiro atoms. The number of carbonyl (C=O) groups is 1. The second-order valence-corrected chi connectivity index (χ2v) is 13.7. The molecule has 6 N–H and O–H groups in total. The molecule has 49 heavy (non-hydrogen) atoms. The van der Waals surface area contributed by atoms with E-state index in [4.69, 9.17) is 26.2 Å². The second-order valence-electron chi connectivity index (χ2n) is 13.3. The number of amides is 2. The number of benzene rings is 2. The number of aromatic nitrogens is 1. The second kappa shape index (κ2) is 16.6. The number of aliphatic hydroxyl groups is 5. The molecule has 0 bridgehead atoms. The quantitative estimate of drug-likeness (QED) is 0.108. The van der Waals surface area contributed by atoms with Gasteiger partial charge in [0.25, 0.3) is 0 Å². The van der Waals surface area contributed by atoms with Crippen molar-refractivity contribution in [2.45, 2.75) is 94.6 Å². The van der Waals surface area contributed by atoms with Crippen molar-refractivity contribution in [2.75, 3.05) is 26.7 Å². The highest BCUT2D eigenvalue weighted by molar-refractivity contribution is 6.31. The van der Waals surface area contributed by atoms with Gasteiger partial charge in [0.2, 0.25) is 0 Å². The Labute approximate surface area is 292 Å². The summed E-state index contributed by atoms with van der Waals surface area (Å²) in [6.07, 6.45) is 3.72. The number of halogens is 1. The summed E-state index contributed by atoms with van der Waals surface area (Å²) in [4.78, 5) is 18.1. The number of likely N-dealkylation sites (N-methyl/N-ethyl adjacent to an activating group) is 1. The molecule has 2 aromatic carbocycles. The van der Waals surface area contributed by atoms with Crippen molar-refractivity contribution < 1.29 is 39.8 Å². The number of urea groups is 1. The minimum Gasteiger partial charge on any atom is -0.490 e. The van der Waals surface area contributed by atoms with Crippen LogP contribution in [0.4, 0.5) is 4.79 Å². The van der Waals surface area contributed by atoms with E-state index in [1.54, 1.807) is 0 Å². The fourth-order valence-electron chi connectivity index (χ4n) is 5.94. The van der Waals surface area contributed by atoms with Crippen LogP contribution in [0.15, 0.2) is 54.9 Å². The number of nitrogens with one attached hydrogen (secondary N) is 1. The molecule has 0 saturated heterocycles. The number of aliphatic hydroxyl groups excluding tert-OH is 5. The maximum atomic E-state index is 12.4. The van der Waals surface area contributed by atoms with Crippen molar-refractivity contribution in [3.8, 4) is 16.9 Å². The molecule has 0 aliphatic heterocycles. The minimum absolute atomic E-state index is 0.274. The highest BCUT2D eigenvalue weighted by Crippen LogP contribution is 2.53. The number of aryl methyl sites for hydroxylation is 2. The van der Waals surface area contributed by atoms with E-state index in [0.29, 0.717) is 30.7 Å². The summed E-state index contributed by atoms with van der Waals surface area (Å²) in [6.45, 7) is 1.80. The number of pyridine rings is 1. The largest absolute Gasteiger partial charge is 0.490 e. The molecule has 2 saturated carbocycles. The predicted octanol–water partition coefficient (Wildman–Crippen LogP) is 3.86. The maximum Gasteiger partial charge on any atom is 0.317 e. The van der Waals surface area contributed by atoms with Gasteiger partial charge in [-0.25, -0.2) is 4.79 Å². The Morgan fingerprint density at radius 1 is 1.04 bits per heavy atom. The van der Waals surface area contributed by atoms with Crippen LogP contribution < -0.4 is 10.1 Å². The Bertz CT molecular complexity index is 1570. The van der Waals surface area contributed by atoms with Crippen LogP contribution >= 0.6 is 11.6 Å². The zero-order valence-electron chi connectivity index (χ0n) is 28.1. The first-order chi connectivity index (χ1) is 23.5. The normalized spacial score (nSPS) is 17.6. The van der Waals surface area contributed by atoms with Gasteiger partial charge in [-0.15, -0.1) is 0 Å². The summed E-state index contributed by atoms with van der Waals surface area (Å²) in [5.74, 6) is 0.891.